The lowest BCUT2D eigenvalue weighted by Gasteiger charge is -2.06. The number of sulfonamides is 1. The van der Waals surface area contributed by atoms with Gasteiger partial charge in [-0.25, -0.2) is 8.42 Å². The molecule has 0 bridgehead atoms. The van der Waals surface area contributed by atoms with Crippen molar-refractivity contribution in [3.63, 3.8) is 0 Å². The Morgan fingerprint density at radius 3 is 2.25 bits per heavy atom. The van der Waals surface area contributed by atoms with Gasteiger partial charge < -0.3 is 0 Å². The van der Waals surface area contributed by atoms with Crippen LogP contribution in [0.25, 0.3) is 0 Å². The van der Waals surface area contributed by atoms with Crippen LogP contribution in [0.15, 0.2) is 29.2 Å². The van der Waals surface area contributed by atoms with E-state index in [0.29, 0.717) is 4.90 Å². The summed E-state index contributed by atoms with van der Waals surface area (Å²) in [4.78, 5) is 0.404. The van der Waals surface area contributed by atoms with Gasteiger partial charge in [0, 0.05) is 12.1 Å². The highest BCUT2D eigenvalue weighted by molar-refractivity contribution is 7.89. The normalized spacial score (nSPS) is 29.1. The molecular weight excluding hydrogens is 222 g/mol. The smallest absolute Gasteiger partial charge is 0.207 e. The summed E-state index contributed by atoms with van der Waals surface area (Å²) in [6.07, 6.45) is 0.881. The van der Waals surface area contributed by atoms with Crippen molar-refractivity contribution in [1.29, 1.82) is 0 Å². The first-order valence-electron chi connectivity index (χ1n) is 5.58. The third-order valence-electron chi connectivity index (χ3n) is 3.21. The van der Waals surface area contributed by atoms with E-state index in [4.69, 9.17) is 0 Å². The molecule has 1 aliphatic heterocycles. The van der Waals surface area contributed by atoms with Crippen molar-refractivity contribution >= 4 is 10.0 Å². The van der Waals surface area contributed by atoms with Crippen LogP contribution in [0.4, 0.5) is 0 Å². The fourth-order valence-electron chi connectivity index (χ4n) is 2.13. The molecule has 1 aliphatic rings. The molecule has 0 spiro atoms. The molecule has 2 rings (SSSR count). The summed E-state index contributed by atoms with van der Waals surface area (Å²) < 4.78 is 26.0. The summed E-state index contributed by atoms with van der Waals surface area (Å²) in [6.45, 7) is 5.93. The Balaban J connectivity index is 2.31. The number of hydrogen-bond donors (Lipinski definition) is 0. The molecule has 1 aromatic carbocycles. The average Bonchev–Trinajstić information content (AvgIpc) is 2.90. The van der Waals surface area contributed by atoms with E-state index in [1.54, 1.807) is 16.4 Å². The fourth-order valence-corrected chi connectivity index (χ4v) is 4.06. The van der Waals surface area contributed by atoms with Gasteiger partial charge in [-0.3, -0.25) is 0 Å². The minimum Gasteiger partial charge on any atom is -0.207 e. The van der Waals surface area contributed by atoms with Crippen molar-refractivity contribution in [2.45, 2.75) is 44.2 Å². The molecule has 4 heteroatoms. The van der Waals surface area contributed by atoms with Gasteiger partial charge in [0.05, 0.1) is 4.90 Å². The summed E-state index contributed by atoms with van der Waals surface area (Å²) in [6, 6.07) is 7.37. The molecule has 3 atom stereocenters. The summed E-state index contributed by atoms with van der Waals surface area (Å²) in [5, 5.41) is 0. The molecule has 0 aromatic heterocycles. The maximum atomic E-state index is 12.2. The Morgan fingerprint density at radius 2 is 1.81 bits per heavy atom. The molecule has 88 valence electrons. The minimum atomic E-state index is -3.26. The van der Waals surface area contributed by atoms with E-state index in [1.807, 2.05) is 32.9 Å². The summed E-state index contributed by atoms with van der Waals surface area (Å²) in [7, 11) is -3.26. The summed E-state index contributed by atoms with van der Waals surface area (Å²) in [5.41, 5.74) is 1.07. The molecule has 1 unspecified atom stereocenters. The number of aryl methyl sites for hydroxylation is 1. The van der Waals surface area contributed by atoms with Crippen LogP contribution >= 0.6 is 0 Å². The van der Waals surface area contributed by atoms with Gasteiger partial charge in [0.15, 0.2) is 0 Å². The fraction of sp³-hybridized carbons (Fsp3) is 0.500. The first kappa shape index (κ1) is 11.6. The van der Waals surface area contributed by atoms with E-state index in [0.717, 1.165) is 12.0 Å². The zero-order valence-electron chi connectivity index (χ0n) is 9.84. The Hall–Kier alpha value is -0.870. The van der Waals surface area contributed by atoms with Crippen LogP contribution in [0.5, 0.6) is 0 Å². The predicted molar refractivity (Wildman–Crippen MR) is 63.7 cm³/mol. The number of hydrogen-bond acceptors (Lipinski definition) is 2. The maximum absolute atomic E-state index is 12.2. The molecule has 3 nitrogen and oxygen atoms in total. The lowest BCUT2D eigenvalue weighted by atomic mass is 10.2. The molecule has 1 saturated heterocycles. The van der Waals surface area contributed by atoms with Crippen LogP contribution in [-0.4, -0.2) is 24.8 Å². The van der Waals surface area contributed by atoms with Gasteiger partial charge in [0.1, 0.15) is 0 Å². The van der Waals surface area contributed by atoms with Crippen molar-refractivity contribution in [3.05, 3.63) is 29.8 Å². The lowest BCUT2D eigenvalue weighted by Crippen LogP contribution is -2.15. The van der Waals surface area contributed by atoms with E-state index in [2.05, 4.69) is 0 Å². The zero-order chi connectivity index (χ0) is 11.9. The topological polar surface area (TPSA) is 37.1 Å². The first-order valence-corrected chi connectivity index (χ1v) is 7.02. The van der Waals surface area contributed by atoms with E-state index in [-0.39, 0.29) is 12.1 Å². The minimum absolute atomic E-state index is 0.149. The van der Waals surface area contributed by atoms with Crippen LogP contribution in [0.3, 0.4) is 0 Å². The second-order valence-electron chi connectivity index (χ2n) is 4.36. The van der Waals surface area contributed by atoms with Crippen molar-refractivity contribution in [2.24, 2.45) is 0 Å². The third-order valence-corrected chi connectivity index (χ3v) is 5.24. The van der Waals surface area contributed by atoms with Gasteiger partial charge in [-0.2, -0.15) is 4.31 Å². The standard InChI is InChI=1S/C12H17NO2S/c1-4-12-10(3)13(12)16(14,15)11-7-5-9(2)6-8-11/h5-8,10,12H,4H2,1-3H3/t10-,12+,13?/m1/s1. The van der Waals surface area contributed by atoms with E-state index in [1.165, 1.54) is 0 Å². The van der Waals surface area contributed by atoms with Crippen molar-refractivity contribution in [1.82, 2.24) is 4.31 Å². The van der Waals surface area contributed by atoms with E-state index >= 15 is 0 Å². The molecule has 0 N–H and O–H groups in total. The summed E-state index contributed by atoms with van der Waals surface area (Å²) >= 11 is 0. The van der Waals surface area contributed by atoms with Gasteiger partial charge in [0.25, 0.3) is 0 Å². The van der Waals surface area contributed by atoms with Gasteiger partial charge in [-0.1, -0.05) is 24.6 Å². The highest BCUT2D eigenvalue weighted by Gasteiger charge is 2.51. The van der Waals surface area contributed by atoms with Gasteiger partial charge in [0.2, 0.25) is 10.0 Å². The monoisotopic (exact) mass is 239 g/mol. The quantitative estimate of drug-likeness (QED) is 0.758. The van der Waals surface area contributed by atoms with Gasteiger partial charge in [-0.15, -0.1) is 0 Å². The predicted octanol–water partition coefficient (Wildman–Crippen LogP) is 2.17. The third kappa shape index (κ3) is 1.76. The van der Waals surface area contributed by atoms with Crippen molar-refractivity contribution < 1.29 is 8.42 Å². The number of rotatable bonds is 3. The Morgan fingerprint density at radius 1 is 1.25 bits per heavy atom. The maximum Gasteiger partial charge on any atom is 0.243 e. The van der Waals surface area contributed by atoms with E-state index < -0.39 is 10.0 Å². The van der Waals surface area contributed by atoms with Crippen molar-refractivity contribution in [3.8, 4) is 0 Å². The first-order chi connectivity index (χ1) is 7.48. The highest BCUT2D eigenvalue weighted by atomic mass is 32.2. The molecule has 1 heterocycles. The zero-order valence-corrected chi connectivity index (χ0v) is 10.7. The summed E-state index contributed by atoms with van der Waals surface area (Å²) in [5.74, 6) is 0. The SMILES string of the molecule is CC[C@H]1[C@@H](C)N1S(=O)(=O)c1ccc(C)cc1. The Bertz CT molecular complexity index is 478. The van der Waals surface area contributed by atoms with Crippen molar-refractivity contribution in [2.75, 3.05) is 0 Å². The Kier molecular flexibility index (Phi) is 2.80. The Labute approximate surface area is 97.1 Å². The molecule has 1 aromatic rings. The van der Waals surface area contributed by atoms with Crippen LogP contribution in [0, 0.1) is 6.92 Å². The molecule has 0 saturated carbocycles. The van der Waals surface area contributed by atoms with Crippen LogP contribution in [0.2, 0.25) is 0 Å². The van der Waals surface area contributed by atoms with Gasteiger partial charge >= 0.3 is 0 Å². The molecule has 1 fully saturated rings. The largest absolute Gasteiger partial charge is 0.243 e. The lowest BCUT2D eigenvalue weighted by molar-refractivity contribution is 0.545. The average molecular weight is 239 g/mol. The van der Waals surface area contributed by atoms with E-state index in [9.17, 15) is 8.42 Å². The van der Waals surface area contributed by atoms with Crippen LogP contribution in [0.1, 0.15) is 25.8 Å². The van der Waals surface area contributed by atoms with Crippen LogP contribution < -0.4 is 0 Å². The van der Waals surface area contributed by atoms with Crippen LogP contribution in [-0.2, 0) is 10.0 Å². The van der Waals surface area contributed by atoms with Gasteiger partial charge in [-0.05, 0) is 32.4 Å². The molecule has 0 radical (unpaired) electrons. The molecule has 16 heavy (non-hydrogen) atoms. The molecule has 0 aliphatic carbocycles. The molecular formula is C12H17NO2S. The number of nitrogens with zero attached hydrogens (tertiary/aromatic N) is 1. The second-order valence-corrected chi connectivity index (χ2v) is 6.21. The molecule has 0 amide bonds. The number of benzene rings is 1. The highest BCUT2D eigenvalue weighted by Crippen LogP contribution is 2.37. The second kappa shape index (κ2) is 3.86.